The molecule has 0 amide bonds. The molecule has 1 saturated carbocycles. The second-order valence-corrected chi connectivity index (χ2v) is 8.50. The molecule has 0 N–H and O–H groups in total. The molecule has 0 spiro atoms. The number of nitrogens with zero attached hydrogens (tertiary/aromatic N) is 5. The van der Waals surface area contributed by atoms with Crippen LogP contribution in [-0.4, -0.2) is 52.4 Å². The Labute approximate surface area is 173 Å². The SMILES string of the molecule is COc1ccc(C(c2nnnn2C2CCCCC2)N2CCC(C)CC2)c(OC)c1. The first-order chi connectivity index (χ1) is 14.2. The summed E-state index contributed by atoms with van der Waals surface area (Å²) < 4.78 is 13.3. The van der Waals surface area contributed by atoms with Crippen molar-refractivity contribution in [3.8, 4) is 11.5 Å². The third-order valence-corrected chi connectivity index (χ3v) is 6.60. The number of hydrogen-bond acceptors (Lipinski definition) is 6. The van der Waals surface area contributed by atoms with Gasteiger partial charge in [-0.3, -0.25) is 4.90 Å². The highest BCUT2D eigenvalue weighted by atomic mass is 16.5. The van der Waals surface area contributed by atoms with Crippen LogP contribution in [0.25, 0.3) is 0 Å². The molecular formula is C22H33N5O2. The van der Waals surface area contributed by atoms with Crippen LogP contribution in [-0.2, 0) is 0 Å². The highest BCUT2D eigenvalue weighted by Gasteiger charge is 2.34. The van der Waals surface area contributed by atoms with Crippen molar-refractivity contribution in [2.24, 2.45) is 5.92 Å². The van der Waals surface area contributed by atoms with Gasteiger partial charge in [0, 0.05) is 11.6 Å². The normalized spacial score (nSPS) is 20.5. The van der Waals surface area contributed by atoms with E-state index in [1.165, 1.54) is 32.1 Å². The van der Waals surface area contributed by atoms with Crippen LogP contribution in [0.3, 0.4) is 0 Å². The van der Waals surface area contributed by atoms with Gasteiger partial charge in [-0.25, -0.2) is 4.68 Å². The zero-order chi connectivity index (χ0) is 20.2. The summed E-state index contributed by atoms with van der Waals surface area (Å²) >= 11 is 0. The smallest absolute Gasteiger partial charge is 0.173 e. The minimum atomic E-state index is -0.0136. The van der Waals surface area contributed by atoms with Gasteiger partial charge in [-0.15, -0.1) is 5.10 Å². The molecule has 1 atom stereocenters. The Morgan fingerprint density at radius 3 is 2.45 bits per heavy atom. The van der Waals surface area contributed by atoms with Crippen LogP contribution in [0.2, 0.25) is 0 Å². The molecule has 1 aliphatic carbocycles. The van der Waals surface area contributed by atoms with Gasteiger partial charge in [-0.05, 0) is 67.3 Å². The van der Waals surface area contributed by atoms with Crippen molar-refractivity contribution < 1.29 is 9.47 Å². The molecule has 4 rings (SSSR count). The number of benzene rings is 1. The third kappa shape index (κ3) is 4.25. The maximum Gasteiger partial charge on any atom is 0.173 e. The van der Waals surface area contributed by atoms with Crippen LogP contribution in [0, 0.1) is 5.92 Å². The van der Waals surface area contributed by atoms with Gasteiger partial charge in [-0.2, -0.15) is 0 Å². The summed E-state index contributed by atoms with van der Waals surface area (Å²) in [6, 6.07) is 6.46. The van der Waals surface area contributed by atoms with Gasteiger partial charge >= 0.3 is 0 Å². The van der Waals surface area contributed by atoms with Crippen molar-refractivity contribution >= 4 is 0 Å². The molecule has 1 aromatic carbocycles. The van der Waals surface area contributed by atoms with Gasteiger partial charge in [0.05, 0.1) is 20.3 Å². The summed E-state index contributed by atoms with van der Waals surface area (Å²) in [6.45, 7) is 4.42. The van der Waals surface area contributed by atoms with E-state index in [0.717, 1.165) is 54.7 Å². The molecule has 1 saturated heterocycles. The van der Waals surface area contributed by atoms with E-state index in [1.807, 2.05) is 12.1 Å². The van der Waals surface area contributed by atoms with Crippen molar-refractivity contribution in [1.82, 2.24) is 25.1 Å². The molecule has 158 valence electrons. The molecule has 1 aliphatic heterocycles. The molecule has 2 fully saturated rings. The fraction of sp³-hybridized carbons (Fsp3) is 0.682. The number of tetrazole rings is 1. The summed E-state index contributed by atoms with van der Waals surface area (Å²) in [5, 5.41) is 13.1. The van der Waals surface area contributed by atoms with Crippen LogP contribution in [0.5, 0.6) is 11.5 Å². The van der Waals surface area contributed by atoms with E-state index in [-0.39, 0.29) is 6.04 Å². The maximum absolute atomic E-state index is 5.78. The molecule has 29 heavy (non-hydrogen) atoms. The van der Waals surface area contributed by atoms with E-state index in [0.29, 0.717) is 6.04 Å². The summed E-state index contributed by atoms with van der Waals surface area (Å²) in [6.07, 6.45) is 8.51. The summed E-state index contributed by atoms with van der Waals surface area (Å²) in [5.41, 5.74) is 1.11. The molecule has 0 bridgehead atoms. The number of hydrogen-bond donors (Lipinski definition) is 0. The van der Waals surface area contributed by atoms with Gasteiger partial charge in [0.2, 0.25) is 0 Å². The van der Waals surface area contributed by atoms with Gasteiger partial charge in [-0.1, -0.05) is 26.2 Å². The standard InChI is InChI=1S/C22H33N5O2/c1-16-11-13-26(14-12-16)21(19-10-9-18(28-2)15-20(19)29-3)22-23-24-25-27(22)17-7-5-4-6-8-17/h9-10,15-17,21H,4-8,11-14H2,1-3H3. The van der Waals surface area contributed by atoms with E-state index < -0.39 is 0 Å². The lowest BCUT2D eigenvalue weighted by Crippen LogP contribution is -2.38. The average Bonchev–Trinajstić information content (AvgIpc) is 3.25. The molecule has 2 aromatic rings. The number of piperidine rings is 1. The van der Waals surface area contributed by atoms with Crippen molar-refractivity contribution in [1.29, 1.82) is 0 Å². The first-order valence-corrected chi connectivity index (χ1v) is 10.9. The maximum atomic E-state index is 5.78. The van der Waals surface area contributed by atoms with Crippen molar-refractivity contribution in [2.75, 3.05) is 27.3 Å². The number of ether oxygens (including phenoxy) is 2. The van der Waals surface area contributed by atoms with Crippen LogP contribution < -0.4 is 9.47 Å². The molecule has 2 heterocycles. The minimum Gasteiger partial charge on any atom is -0.497 e. The van der Waals surface area contributed by atoms with E-state index in [1.54, 1.807) is 14.2 Å². The zero-order valence-electron chi connectivity index (χ0n) is 17.9. The van der Waals surface area contributed by atoms with Crippen LogP contribution in [0.1, 0.15) is 75.3 Å². The first kappa shape index (κ1) is 20.1. The van der Waals surface area contributed by atoms with E-state index in [4.69, 9.17) is 9.47 Å². The highest BCUT2D eigenvalue weighted by Crippen LogP contribution is 2.39. The van der Waals surface area contributed by atoms with Crippen LogP contribution >= 0.6 is 0 Å². The predicted molar refractivity (Wildman–Crippen MR) is 111 cm³/mol. The molecule has 2 aliphatic rings. The Hall–Kier alpha value is -2.15. The zero-order valence-corrected chi connectivity index (χ0v) is 17.9. The van der Waals surface area contributed by atoms with Crippen LogP contribution in [0.4, 0.5) is 0 Å². The van der Waals surface area contributed by atoms with Crippen molar-refractivity contribution in [2.45, 2.75) is 64.0 Å². The van der Waals surface area contributed by atoms with Crippen molar-refractivity contribution in [3.63, 3.8) is 0 Å². The van der Waals surface area contributed by atoms with Gasteiger partial charge in [0.1, 0.15) is 17.5 Å². The molecule has 1 aromatic heterocycles. The predicted octanol–water partition coefficient (Wildman–Crippen LogP) is 4.02. The summed E-state index contributed by atoms with van der Waals surface area (Å²) in [4.78, 5) is 2.52. The average molecular weight is 400 g/mol. The van der Waals surface area contributed by atoms with Gasteiger partial charge in [0.25, 0.3) is 0 Å². The van der Waals surface area contributed by atoms with E-state index in [9.17, 15) is 0 Å². The molecule has 0 radical (unpaired) electrons. The second kappa shape index (κ2) is 9.11. The van der Waals surface area contributed by atoms with E-state index >= 15 is 0 Å². The van der Waals surface area contributed by atoms with Gasteiger partial charge < -0.3 is 9.47 Å². The first-order valence-electron chi connectivity index (χ1n) is 10.9. The van der Waals surface area contributed by atoms with E-state index in [2.05, 4.69) is 38.1 Å². The fourth-order valence-electron chi connectivity index (χ4n) is 4.80. The van der Waals surface area contributed by atoms with Crippen LogP contribution in [0.15, 0.2) is 18.2 Å². The largest absolute Gasteiger partial charge is 0.497 e. The molecule has 7 heteroatoms. The number of likely N-dealkylation sites (tertiary alicyclic amines) is 1. The number of rotatable bonds is 6. The fourth-order valence-corrected chi connectivity index (χ4v) is 4.80. The molecule has 1 unspecified atom stereocenters. The lowest BCUT2D eigenvalue weighted by molar-refractivity contribution is 0.144. The summed E-state index contributed by atoms with van der Waals surface area (Å²) in [5.74, 6) is 3.32. The monoisotopic (exact) mass is 399 g/mol. The Bertz CT molecular complexity index is 794. The summed E-state index contributed by atoms with van der Waals surface area (Å²) in [7, 11) is 3.40. The lowest BCUT2D eigenvalue weighted by Gasteiger charge is -2.37. The number of methoxy groups -OCH3 is 2. The Morgan fingerprint density at radius 2 is 1.76 bits per heavy atom. The lowest BCUT2D eigenvalue weighted by atomic mass is 9.93. The minimum absolute atomic E-state index is 0.0136. The third-order valence-electron chi connectivity index (χ3n) is 6.60. The quantitative estimate of drug-likeness (QED) is 0.731. The van der Waals surface area contributed by atoms with Gasteiger partial charge in [0.15, 0.2) is 5.82 Å². The Balaban J connectivity index is 1.75. The topological polar surface area (TPSA) is 65.3 Å². The Morgan fingerprint density at radius 1 is 1.00 bits per heavy atom. The highest BCUT2D eigenvalue weighted by molar-refractivity contribution is 5.44. The number of aromatic nitrogens is 4. The van der Waals surface area contributed by atoms with Crippen molar-refractivity contribution in [3.05, 3.63) is 29.6 Å². The molecular weight excluding hydrogens is 366 g/mol. The molecule has 7 nitrogen and oxygen atoms in total. The Kier molecular flexibility index (Phi) is 6.33. The second-order valence-electron chi connectivity index (χ2n) is 8.50.